The minimum absolute atomic E-state index is 0.00527. The number of aromatic nitrogens is 1. The standard InChI is InChI=1S/C20H30N4O3S/c25-20(22-14-17-5-1-2-10-21-17)16-4-3-11-23(15-16)18-8-12-24(13-9-18)28(26,27)19-6-7-19/h1-2,5,10,16,18-19H,3-4,6-9,11-15H2,(H,22,25)/t16-/m0/s1. The number of pyridine rings is 1. The predicted octanol–water partition coefficient (Wildman–Crippen LogP) is 1.37. The Bertz CT molecular complexity index is 774. The highest BCUT2D eigenvalue weighted by Crippen LogP contribution is 2.33. The van der Waals surface area contributed by atoms with Gasteiger partial charge in [-0.2, -0.15) is 0 Å². The van der Waals surface area contributed by atoms with Crippen LogP contribution in [0.3, 0.4) is 0 Å². The third-order valence-corrected chi connectivity index (χ3v) is 8.64. The Kier molecular flexibility index (Phi) is 5.99. The SMILES string of the molecule is O=C(NCc1ccccn1)[C@H]1CCCN(C2CCN(S(=O)(=O)C3CC3)CC2)C1. The average Bonchev–Trinajstić information content (AvgIpc) is 3.59. The molecule has 1 atom stereocenters. The molecule has 154 valence electrons. The molecule has 0 unspecified atom stereocenters. The molecule has 1 N–H and O–H groups in total. The molecule has 7 nitrogen and oxygen atoms in total. The van der Waals surface area contributed by atoms with Crippen molar-refractivity contribution in [3.05, 3.63) is 30.1 Å². The monoisotopic (exact) mass is 406 g/mol. The lowest BCUT2D eigenvalue weighted by molar-refractivity contribution is -0.127. The van der Waals surface area contributed by atoms with Crippen LogP contribution in [0.15, 0.2) is 24.4 Å². The highest BCUT2D eigenvalue weighted by atomic mass is 32.2. The Morgan fingerprint density at radius 2 is 1.89 bits per heavy atom. The van der Waals surface area contributed by atoms with Gasteiger partial charge in [0.1, 0.15) is 0 Å². The predicted molar refractivity (Wildman–Crippen MR) is 107 cm³/mol. The third-order valence-electron chi connectivity index (χ3n) is 6.24. The molecule has 1 aliphatic carbocycles. The fourth-order valence-corrected chi connectivity index (χ4v) is 6.29. The number of hydrogen-bond acceptors (Lipinski definition) is 5. The van der Waals surface area contributed by atoms with E-state index in [1.165, 1.54) is 0 Å². The molecular formula is C20H30N4O3S. The number of carbonyl (C=O) groups is 1. The number of carbonyl (C=O) groups excluding carboxylic acids is 1. The Labute approximate surface area is 167 Å². The maximum absolute atomic E-state index is 12.6. The minimum atomic E-state index is -3.06. The number of amides is 1. The summed E-state index contributed by atoms with van der Waals surface area (Å²) in [5, 5.41) is 2.90. The summed E-state index contributed by atoms with van der Waals surface area (Å²) in [6.45, 7) is 3.48. The molecule has 28 heavy (non-hydrogen) atoms. The number of nitrogens with zero attached hydrogens (tertiary/aromatic N) is 3. The normalized spacial score (nSPS) is 25.5. The minimum Gasteiger partial charge on any atom is -0.350 e. The van der Waals surface area contributed by atoms with Gasteiger partial charge in [0.25, 0.3) is 0 Å². The summed E-state index contributed by atoms with van der Waals surface area (Å²) >= 11 is 0. The number of nitrogens with one attached hydrogen (secondary N) is 1. The van der Waals surface area contributed by atoms with Gasteiger partial charge in [-0.15, -0.1) is 0 Å². The molecule has 4 rings (SSSR count). The van der Waals surface area contributed by atoms with E-state index in [-0.39, 0.29) is 17.1 Å². The number of piperidine rings is 2. The number of hydrogen-bond donors (Lipinski definition) is 1. The van der Waals surface area contributed by atoms with Crippen molar-refractivity contribution in [2.75, 3.05) is 26.2 Å². The molecule has 8 heteroatoms. The van der Waals surface area contributed by atoms with Crippen LogP contribution in [0.2, 0.25) is 0 Å². The van der Waals surface area contributed by atoms with Crippen LogP contribution >= 0.6 is 0 Å². The van der Waals surface area contributed by atoms with E-state index in [4.69, 9.17) is 0 Å². The van der Waals surface area contributed by atoms with Crippen LogP contribution in [0.4, 0.5) is 0 Å². The first-order valence-electron chi connectivity index (χ1n) is 10.4. The fraction of sp³-hybridized carbons (Fsp3) is 0.700. The highest BCUT2D eigenvalue weighted by molar-refractivity contribution is 7.90. The molecule has 1 aromatic heterocycles. The van der Waals surface area contributed by atoms with E-state index in [1.807, 2.05) is 18.2 Å². The van der Waals surface area contributed by atoms with Crippen LogP contribution in [0.25, 0.3) is 0 Å². The number of sulfonamides is 1. The molecule has 1 saturated carbocycles. The van der Waals surface area contributed by atoms with Gasteiger partial charge < -0.3 is 5.32 Å². The summed E-state index contributed by atoms with van der Waals surface area (Å²) in [5.41, 5.74) is 0.868. The molecule has 3 aliphatic rings. The summed E-state index contributed by atoms with van der Waals surface area (Å²) in [6.07, 6.45) is 7.05. The fourth-order valence-electron chi connectivity index (χ4n) is 4.42. The van der Waals surface area contributed by atoms with Gasteiger partial charge in [-0.1, -0.05) is 6.07 Å². The maximum atomic E-state index is 12.6. The second kappa shape index (κ2) is 8.47. The first-order chi connectivity index (χ1) is 13.5. The van der Waals surface area contributed by atoms with Crippen LogP contribution in [-0.2, 0) is 21.4 Å². The Morgan fingerprint density at radius 3 is 2.57 bits per heavy atom. The van der Waals surface area contributed by atoms with E-state index in [2.05, 4.69) is 15.2 Å². The molecule has 3 heterocycles. The molecule has 0 radical (unpaired) electrons. The lowest BCUT2D eigenvalue weighted by Crippen LogP contribution is -2.51. The number of likely N-dealkylation sites (tertiary alicyclic amines) is 1. The molecule has 0 bridgehead atoms. The van der Waals surface area contributed by atoms with Crippen LogP contribution in [-0.4, -0.2) is 66.0 Å². The average molecular weight is 407 g/mol. The third kappa shape index (κ3) is 4.55. The summed E-state index contributed by atoms with van der Waals surface area (Å²) < 4.78 is 26.5. The van der Waals surface area contributed by atoms with Crippen LogP contribution < -0.4 is 5.32 Å². The summed E-state index contributed by atoms with van der Waals surface area (Å²) in [4.78, 5) is 19.3. The van der Waals surface area contributed by atoms with Crippen molar-refractivity contribution < 1.29 is 13.2 Å². The quantitative estimate of drug-likeness (QED) is 0.771. The van der Waals surface area contributed by atoms with Gasteiger partial charge in [0.05, 0.1) is 23.4 Å². The molecule has 3 fully saturated rings. The van der Waals surface area contributed by atoms with E-state index in [9.17, 15) is 13.2 Å². The van der Waals surface area contributed by atoms with Crippen molar-refractivity contribution in [1.82, 2.24) is 19.5 Å². The molecule has 1 amide bonds. The van der Waals surface area contributed by atoms with Crippen LogP contribution in [0.1, 0.15) is 44.2 Å². The van der Waals surface area contributed by atoms with Crippen molar-refractivity contribution in [2.24, 2.45) is 5.92 Å². The van der Waals surface area contributed by atoms with Crippen molar-refractivity contribution in [1.29, 1.82) is 0 Å². The zero-order valence-electron chi connectivity index (χ0n) is 16.3. The first-order valence-corrected chi connectivity index (χ1v) is 11.9. The smallest absolute Gasteiger partial charge is 0.224 e. The van der Waals surface area contributed by atoms with Gasteiger partial charge in [-0.05, 0) is 57.2 Å². The summed E-state index contributed by atoms with van der Waals surface area (Å²) in [7, 11) is -3.06. The number of rotatable bonds is 6. The van der Waals surface area contributed by atoms with Gasteiger partial charge in [0.2, 0.25) is 15.9 Å². The largest absolute Gasteiger partial charge is 0.350 e. The maximum Gasteiger partial charge on any atom is 0.224 e. The summed E-state index contributed by atoms with van der Waals surface area (Å²) in [6, 6.07) is 6.09. The zero-order valence-corrected chi connectivity index (χ0v) is 17.1. The van der Waals surface area contributed by atoms with Crippen molar-refractivity contribution >= 4 is 15.9 Å². The first kappa shape index (κ1) is 19.8. The lowest BCUT2D eigenvalue weighted by atomic mass is 9.93. The van der Waals surface area contributed by atoms with Gasteiger partial charge in [0.15, 0.2) is 0 Å². The Balaban J connectivity index is 1.26. The topological polar surface area (TPSA) is 82.6 Å². The second-order valence-electron chi connectivity index (χ2n) is 8.25. The second-order valence-corrected chi connectivity index (χ2v) is 10.5. The molecule has 0 spiro atoms. The van der Waals surface area contributed by atoms with E-state index in [0.717, 1.165) is 57.3 Å². The van der Waals surface area contributed by atoms with Crippen LogP contribution in [0.5, 0.6) is 0 Å². The molecule has 2 aliphatic heterocycles. The molecule has 2 saturated heterocycles. The van der Waals surface area contributed by atoms with Gasteiger partial charge >= 0.3 is 0 Å². The Morgan fingerprint density at radius 1 is 1.11 bits per heavy atom. The van der Waals surface area contributed by atoms with Crippen molar-refractivity contribution in [3.63, 3.8) is 0 Å². The molecular weight excluding hydrogens is 376 g/mol. The van der Waals surface area contributed by atoms with Gasteiger partial charge in [-0.25, -0.2) is 12.7 Å². The van der Waals surface area contributed by atoms with Crippen molar-refractivity contribution in [2.45, 2.75) is 56.4 Å². The van der Waals surface area contributed by atoms with Gasteiger partial charge in [0, 0.05) is 31.9 Å². The van der Waals surface area contributed by atoms with Crippen LogP contribution in [0, 0.1) is 5.92 Å². The van der Waals surface area contributed by atoms with E-state index in [0.29, 0.717) is 25.7 Å². The summed E-state index contributed by atoms with van der Waals surface area (Å²) in [5.74, 6) is 0.106. The zero-order chi connectivity index (χ0) is 19.6. The van der Waals surface area contributed by atoms with E-state index >= 15 is 0 Å². The van der Waals surface area contributed by atoms with Gasteiger partial charge in [-0.3, -0.25) is 14.7 Å². The molecule has 1 aromatic rings. The highest BCUT2D eigenvalue weighted by Gasteiger charge is 2.42. The molecule has 0 aromatic carbocycles. The lowest BCUT2D eigenvalue weighted by Gasteiger charge is -2.41. The van der Waals surface area contributed by atoms with Crippen molar-refractivity contribution in [3.8, 4) is 0 Å². The van der Waals surface area contributed by atoms with E-state index in [1.54, 1.807) is 10.5 Å². The Hall–Kier alpha value is -1.51. The van der Waals surface area contributed by atoms with E-state index < -0.39 is 10.0 Å².